The van der Waals surface area contributed by atoms with Crippen molar-refractivity contribution in [3.8, 4) is 11.5 Å². The quantitative estimate of drug-likeness (QED) is 0.480. The molecule has 8 nitrogen and oxygen atoms in total. The minimum absolute atomic E-state index is 0.0996. The van der Waals surface area contributed by atoms with E-state index in [-0.39, 0.29) is 10.0 Å². The van der Waals surface area contributed by atoms with Gasteiger partial charge in [-0.1, -0.05) is 25.4 Å². The number of ether oxygens (including phenoxy) is 2. The van der Waals surface area contributed by atoms with E-state index in [2.05, 4.69) is 33.4 Å². The SMILES string of the molecule is CCN(CC)CCOc1cc2ncnc(NS(=O)(=O)c3ccc(Cl)s3)c2cc1OC. The second-order valence-electron chi connectivity index (χ2n) is 6.28. The molecule has 1 aromatic carbocycles. The molecule has 0 aliphatic carbocycles. The maximum atomic E-state index is 12.7. The molecular weight excluding hydrogens is 448 g/mol. The molecule has 0 amide bonds. The van der Waals surface area contributed by atoms with E-state index in [0.717, 1.165) is 31.0 Å². The minimum Gasteiger partial charge on any atom is -0.493 e. The predicted molar refractivity (Wildman–Crippen MR) is 120 cm³/mol. The first-order chi connectivity index (χ1) is 14.4. The Bertz CT molecular complexity index is 1120. The van der Waals surface area contributed by atoms with Crippen LogP contribution in [0.2, 0.25) is 4.34 Å². The van der Waals surface area contributed by atoms with Gasteiger partial charge in [0.15, 0.2) is 17.3 Å². The highest BCUT2D eigenvalue weighted by Crippen LogP contribution is 2.35. The molecule has 0 fully saturated rings. The number of halogens is 1. The molecule has 162 valence electrons. The third-order valence-corrected chi connectivity index (χ3v) is 7.59. The fraction of sp³-hybridized carbons (Fsp3) is 0.368. The Morgan fingerprint density at radius 1 is 1.17 bits per heavy atom. The maximum absolute atomic E-state index is 12.7. The van der Waals surface area contributed by atoms with E-state index >= 15 is 0 Å². The lowest BCUT2D eigenvalue weighted by atomic mass is 10.2. The number of likely N-dealkylation sites (N-methyl/N-ethyl adjacent to an activating group) is 1. The van der Waals surface area contributed by atoms with Gasteiger partial charge in [-0.15, -0.1) is 11.3 Å². The van der Waals surface area contributed by atoms with Crippen molar-refractivity contribution in [1.29, 1.82) is 0 Å². The summed E-state index contributed by atoms with van der Waals surface area (Å²) >= 11 is 6.84. The lowest BCUT2D eigenvalue weighted by Gasteiger charge is -2.19. The average molecular weight is 471 g/mol. The molecule has 0 saturated heterocycles. The molecule has 30 heavy (non-hydrogen) atoms. The second-order valence-corrected chi connectivity index (χ2v) is 9.91. The Kier molecular flexibility index (Phi) is 7.35. The van der Waals surface area contributed by atoms with Gasteiger partial charge >= 0.3 is 0 Å². The number of anilines is 1. The maximum Gasteiger partial charge on any atom is 0.272 e. The van der Waals surface area contributed by atoms with Crippen LogP contribution in [0.5, 0.6) is 11.5 Å². The highest BCUT2D eigenvalue weighted by Gasteiger charge is 2.20. The van der Waals surface area contributed by atoms with Gasteiger partial charge in [0.25, 0.3) is 10.0 Å². The van der Waals surface area contributed by atoms with Crippen LogP contribution in [0.3, 0.4) is 0 Å². The molecule has 11 heteroatoms. The molecule has 2 heterocycles. The highest BCUT2D eigenvalue weighted by atomic mass is 35.5. The highest BCUT2D eigenvalue weighted by molar-refractivity contribution is 7.94. The number of fused-ring (bicyclic) bond motifs is 1. The van der Waals surface area contributed by atoms with E-state index in [1.165, 1.54) is 25.6 Å². The van der Waals surface area contributed by atoms with Gasteiger partial charge in [-0.25, -0.2) is 18.4 Å². The molecule has 0 bridgehead atoms. The lowest BCUT2D eigenvalue weighted by molar-refractivity contribution is 0.217. The normalized spacial score (nSPS) is 11.8. The molecule has 1 N–H and O–H groups in total. The van der Waals surface area contributed by atoms with Gasteiger partial charge < -0.3 is 14.4 Å². The van der Waals surface area contributed by atoms with Crippen molar-refractivity contribution >= 4 is 49.7 Å². The van der Waals surface area contributed by atoms with Crippen LogP contribution in [0.15, 0.2) is 34.8 Å². The van der Waals surface area contributed by atoms with Crippen LogP contribution in [-0.4, -0.2) is 56.6 Å². The number of nitrogens with one attached hydrogen (secondary N) is 1. The smallest absolute Gasteiger partial charge is 0.272 e. The monoisotopic (exact) mass is 470 g/mol. The van der Waals surface area contributed by atoms with Crippen LogP contribution in [-0.2, 0) is 10.0 Å². The van der Waals surface area contributed by atoms with Crippen LogP contribution in [0.25, 0.3) is 10.9 Å². The molecule has 0 aliphatic heterocycles. The summed E-state index contributed by atoms with van der Waals surface area (Å²) in [5.74, 6) is 1.16. The van der Waals surface area contributed by atoms with Crippen LogP contribution in [0.4, 0.5) is 5.82 Å². The van der Waals surface area contributed by atoms with Crippen molar-refractivity contribution in [2.24, 2.45) is 0 Å². The number of hydrogen-bond acceptors (Lipinski definition) is 8. The molecule has 0 spiro atoms. The van der Waals surface area contributed by atoms with Gasteiger partial charge in [0, 0.05) is 18.0 Å². The summed E-state index contributed by atoms with van der Waals surface area (Å²) in [5, 5.41) is 0.497. The molecule has 3 aromatic rings. The second kappa shape index (κ2) is 9.78. The third kappa shape index (κ3) is 5.12. The number of sulfonamides is 1. The topological polar surface area (TPSA) is 93.6 Å². The fourth-order valence-electron chi connectivity index (χ4n) is 2.86. The Balaban J connectivity index is 1.89. The summed E-state index contributed by atoms with van der Waals surface area (Å²) in [7, 11) is -2.30. The number of benzene rings is 1. The predicted octanol–water partition coefficient (Wildman–Crippen LogP) is 3.87. The Labute approximate surface area is 184 Å². The van der Waals surface area contributed by atoms with E-state index in [4.69, 9.17) is 21.1 Å². The Morgan fingerprint density at radius 2 is 1.93 bits per heavy atom. The first-order valence-corrected chi connectivity index (χ1v) is 12.0. The van der Waals surface area contributed by atoms with Crippen molar-refractivity contribution in [1.82, 2.24) is 14.9 Å². The van der Waals surface area contributed by atoms with Gasteiger partial charge in [-0.3, -0.25) is 4.72 Å². The summed E-state index contributed by atoms with van der Waals surface area (Å²) in [6.45, 7) is 7.37. The summed E-state index contributed by atoms with van der Waals surface area (Å²) in [5.41, 5.74) is 0.533. The van der Waals surface area contributed by atoms with Crippen molar-refractivity contribution in [2.75, 3.05) is 38.1 Å². The number of thiophene rings is 1. The number of rotatable bonds is 10. The van der Waals surface area contributed by atoms with Gasteiger partial charge in [0.2, 0.25) is 0 Å². The first kappa shape index (κ1) is 22.5. The summed E-state index contributed by atoms with van der Waals surface area (Å²) in [4.78, 5) is 10.6. The van der Waals surface area contributed by atoms with Crippen molar-refractivity contribution in [3.05, 3.63) is 34.9 Å². The van der Waals surface area contributed by atoms with E-state index in [9.17, 15) is 8.42 Å². The van der Waals surface area contributed by atoms with E-state index < -0.39 is 10.0 Å². The van der Waals surface area contributed by atoms with E-state index in [1.807, 2.05) is 0 Å². The molecule has 3 rings (SSSR count). The zero-order valence-corrected chi connectivity index (χ0v) is 19.3. The van der Waals surface area contributed by atoms with Crippen molar-refractivity contribution < 1.29 is 17.9 Å². The molecular formula is C19H23ClN4O4S2. The standard InChI is InChI=1S/C19H23ClN4O4S2/c1-4-24(5-2)8-9-28-16-11-14-13(10-15(16)27-3)19(22-12-21-14)23-30(25,26)18-7-6-17(20)29-18/h6-7,10-12H,4-5,8-9H2,1-3H3,(H,21,22,23). The van der Waals surface area contributed by atoms with Gasteiger partial charge in [-0.2, -0.15) is 0 Å². The molecule has 2 aromatic heterocycles. The van der Waals surface area contributed by atoms with Crippen LogP contribution >= 0.6 is 22.9 Å². The Morgan fingerprint density at radius 3 is 2.57 bits per heavy atom. The lowest BCUT2D eigenvalue weighted by Crippen LogP contribution is -2.27. The van der Waals surface area contributed by atoms with Gasteiger partial charge in [0.05, 0.1) is 17.0 Å². The summed E-state index contributed by atoms with van der Waals surface area (Å²) < 4.78 is 39.7. The van der Waals surface area contributed by atoms with Gasteiger partial charge in [0.1, 0.15) is 17.1 Å². The summed E-state index contributed by atoms with van der Waals surface area (Å²) in [6.07, 6.45) is 1.30. The first-order valence-electron chi connectivity index (χ1n) is 9.34. The Hall–Kier alpha value is -2.14. The van der Waals surface area contributed by atoms with E-state index in [0.29, 0.717) is 33.3 Å². The molecule has 0 saturated carbocycles. The van der Waals surface area contributed by atoms with Gasteiger partial charge in [-0.05, 0) is 31.3 Å². The van der Waals surface area contributed by atoms with Crippen LogP contribution in [0, 0.1) is 0 Å². The third-order valence-electron chi connectivity index (χ3n) is 4.52. The molecule has 0 atom stereocenters. The number of hydrogen-bond donors (Lipinski definition) is 1. The zero-order chi connectivity index (χ0) is 21.7. The van der Waals surface area contributed by atoms with Crippen LogP contribution < -0.4 is 14.2 Å². The van der Waals surface area contributed by atoms with Crippen molar-refractivity contribution in [2.45, 2.75) is 18.1 Å². The number of aromatic nitrogens is 2. The van der Waals surface area contributed by atoms with Crippen molar-refractivity contribution in [3.63, 3.8) is 0 Å². The molecule has 0 aliphatic rings. The number of nitrogens with zero attached hydrogens (tertiary/aromatic N) is 3. The minimum atomic E-state index is -3.83. The molecule has 0 unspecified atom stereocenters. The van der Waals surface area contributed by atoms with Crippen LogP contribution in [0.1, 0.15) is 13.8 Å². The van der Waals surface area contributed by atoms with E-state index in [1.54, 1.807) is 12.1 Å². The molecule has 0 radical (unpaired) electrons. The zero-order valence-electron chi connectivity index (χ0n) is 16.9. The number of methoxy groups -OCH3 is 1. The largest absolute Gasteiger partial charge is 0.493 e. The summed E-state index contributed by atoms with van der Waals surface area (Å²) in [6, 6.07) is 6.37. The average Bonchev–Trinajstić information content (AvgIpc) is 3.18. The fourth-order valence-corrected chi connectivity index (χ4v) is 5.37.